The first-order chi connectivity index (χ1) is 17.2. The molecule has 1 saturated carbocycles. The zero-order valence-electron chi connectivity index (χ0n) is 20.0. The number of nitrogens with one attached hydrogen (secondary N) is 1. The minimum atomic E-state index is -4.67. The van der Waals surface area contributed by atoms with Crippen LogP contribution in [0.4, 0.5) is 13.2 Å². The molecule has 4 atom stereocenters. The predicted octanol–water partition coefficient (Wildman–Crippen LogP) is 3.72. The summed E-state index contributed by atoms with van der Waals surface area (Å²) in [5.41, 5.74) is 1.84. The Morgan fingerprint density at radius 3 is 2.25 bits per heavy atom. The third kappa shape index (κ3) is 7.35. The van der Waals surface area contributed by atoms with Crippen LogP contribution in [-0.2, 0) is 22.5 Å². The first-order valence-electron chi connectivity index (χ1n) is 12.1. The van der Waals surface area contributed by atoms with Gasteiger partial charge in [0.25, 0.3) is 0 Å². The van der Waals surface area contributed by atoms with Crippen LogP contribution in [0, 0.1) is 11.8 Å². The number of rotatable bonds is 13. The van der Waals surface area contributed by atoms with Crippen LogP contribution in [0.25, 0.3) is 0 Å². The lowest BCUT2D eigenvalue weighted by atomic mass is 10.1. The zero-order chi connectivity index (χ0) is 25.7. The number of alkyl halides is 3. The fourth-order valence-electron chi connectivity index (χ4n) is 4.85. The molecule has 2 aromatic carbocycles. The van der Waals surface area contributed by atoms with Gasteiger partial charge in [-0.1, -0.05) is 24.3 Å². The Labute approximate surface area is 208 Å². The predicted molar refractivity (Wildman–Crippen MR) is 126 cm³/mol. The summed E-state index contributed by atoms with van der Waals surface area (Å²) in [7, 11) is 0. The quantitative estimate of drug-likeness (QED) is 0.399. The van der Waals surface area contributed by atoms with Crippen LogP contribution < -0.4 is 14.8 Å². The van der Waals surface area contributed by atoms with E-state index in [-0.39, 0.29) is 5.75 Å². The summed E-state index contributed by atoms with van der Waals surface area (Å²) in [5, 5.41) is 12.7. The number of nitrogens with zero attached hydrogens (tertiary/aromatic N) is 1. The molecule has 0 amide bonds. The minimum Gasteiger partial charge on any atom is -0.492 e. The van der Waals surface area contributed by atoms with Gasteiger partial charge in [-0.25, -0.2) is 4.79 Å². The molecule has 2 fully saturated rings. The van der Waals surface area contributed by atoms with Crippen molar-refractivity contribution in [2.45, 2.75) is 38.4 Å². The SMILES string of the molecule is CCO[C@H](Cc1ccc(OCCN[C@H]2C3CN(Cc4ccc(OC(F)(F)F)cc4)C[C@@H]32)cc1)C(=O)O. The first kappa shape index (κ1) is 26.2. The number of aliphatic carboxylic acids is 1. The summed E-state index contributed by atoms with van der Waals surface area (Å²) in [6, 6.07) is 13.9. The van der Waals surface area contributed by atoms with Gasteiger partial charge in [0.05, 0.1) is 0 Å². The zero-order valence-corrected chi connectivity index (χ0v) is 20.0. The number of fused-ring (bicyclic) bond motifs is 1. The standard InChI is InChI=1S/C26H31F3N2O5/c1-2-34-23(25(32)33)13-17-3-7-19(8-4-17)35-12-11-30-24-21-15-31(16-22(21)24)14-18-5-9-20(10-6-18)36-26(27,28)29/h3-10,21-24,30H,2,11-16H2,1H3,(H,32,33)/t21-,22?,23+,24+/m0/s1. The largest absolute Gasteiger partial charge is 0.573 e. The van der Waals surface area contributed by atoms with Crippen LogP contribution in [0.15, 0.2) is 48.5 Å². The number of halogens is 3. The molecule has 2 aliphatic rings. The second-order valence-electron chi connectivity index (χ2n) is 9.17. The van der Waals surface area contributed by atoms with Crippen molar-refractivity contribution < 1.29 is 37.3 Å². The molecule has 36 heavy (non-hydrogen) atoms. The highest BCUT2D eigenvalue weighted by Gasteiger charge is 2.55. The first-order valence-corrected chi connectivity index (χ1v) is 12.1. The number of carbonyl (C=O) groups is 1. The third-order valence-electron chi connectivity index (χ3n) is 6.57. The molecule has 7 nitrogen and oxygen atoms in total. The molecule has 1 aliphatic heterocycles. The molecule has 196 valence electrons. The lowest BCUT2D eigenvalue weighted by Crippen LogP contribution is -2.33. The Balaban J connectivity index is 1.11. The molecular formula is C26H31F3N2O5. The van der Waals surface area contributed by atoms with E-state index in [0.29, 0.717) is 44.1 Å². The lowest BCUT2D eigenvalue weighted by Gasteiger charge is -2.20. The highest BCUT2D eigenvalue weighted by Crippen LogP contribution is 2.45. The van der Waals surface area contributed by atoms with E-state index in [1.54, 1.807) is 19.1 Å². The second-order valence-corrected chi connectivity index (χ2v) is 9.17. The van der Waals surface area contributed by atoms with Gasteiger partial charge in [-0.3, -0.25) is 4.90 Å². The van der Waals surface area contributed by atoms with Gasteiger partial charge in [0, 0.05) is 45.2 Å². The van der Waals surface area contributed by atoms with Gasteiger partial charge in [-0.05, 0) is 54.2 Å². The number of ether oxygens (including phenoxy) is 3. The summed E-state index contributed by atoms with van der Waals surface area (Å²) in [4.78, 5) is 13.5. The van der Waals surface area contributed by atoms with Crippen LogP contribution in [0.1, 0.15) is 18.1 Å². The molecule has 10 heteroatoms. The van der Waals surface area contributed by atoms with Crippen molar-refractivity contribution >= 4 is 5.97 Å². The topological polar surface area (TPSA) is 80.3 Å². The molecule has 1 heterocycles. The van der Waals surface area contributed by atoms with Crippen molar-refractivity contribution in [3.63, 3.8) is 0 Å². The maximum absolute atomic E-state index is 12.3. The molecule has 1 unspecified atom stereocenters. The van der Waals surface area contributed by atoms with E-state index in [4.69, 9.17) is 9.47 Å². The van der Waals surface area contributed by atoms with Crippen LogP contribution >= 0.6 is 0 Å². The van der Waals surface area contributed by atoms with Gasteiger partial charge >= 0.3 is 12.3 Å². The average Bonchev–Trinajstić information content (AvgIpc) is 3.27. The van der Waals surface area contributed by atoms with Crippen LogP contribution in [0.3, 0.4) is 0 Å². The smallest absolute Gasteiger partial charge is 0.492 e. The van der Waals surface area contributed by atoms with E-state index in [1.807, 2.05) is 24.3 Å². The van der Waals surface area contributed by atoms with Crippen LogP contribution in [0.5, 0.6) is 11.5 Å². The summed E-state index contributed by atoms with van der Waals surface area (Å²) in [6.45, 7) is 6.02. The van der Waals surface area contributed by atoms with E-state index in [9.17, 15) is 23.1 Å². The summed E-state index contributed by atoms with van der Waals surface area (Å²) in [5.74, 6) is 0.739. The molecule has 0 spiro atoms. The molecule has 0 bridgehead atoms. The van der Waals surface area contributed by atoms with Gasteiger partial charge in [0.2, 0.25) is 0 Å². The van der Waals surface area contributed by atoms with E-state index < -0.39 is 18.4 Å². The molecular weight excluding hydrogens is 477 g/mol. The fourth-order valence-corrected chi connectivity index (χ4v) is 4.85. The Hall–Kier alpha value is -2.82. The number of piperidine rings is 1. The molecule has 1 aliphatic carbocycles. The molecule has 2 aromatic rings. The number of likely N-dealkylation sites (tertiary alicyclic amines) is 1. The van der Waals surface area contributed by atoms with Crippen LogP contribution in [0.2, 0.25) is 0 Å². The van der Waals surface area contributed by atoms with E-state index >= 15 is 0 Å². The number of carboxylic acids is 1. The molecule has 1 saturated heterocycles. The summed E-state index contributed by atoms with van der Waals surface area (Å²) in [6.07, 6.45) is -5.21. The number of benzene rings is 2. The highest BCUT2D eigenvalue weighted by atomic mass is 19.4. The van der Waals surface area contributed by atoms with Gasteiger partial charge < -0.3 is 24.6 Å². The lowest BCUT2D eigenvalue weighted by molar-refractivity contribution is -0.274. The summed E-state index contributed by atoms with van der Waals surface area (Å²) >= 11 is 0. The Morgan fingerprint density at radius 2 is 1.67 bits per heavy atom. The Morgan fingerprint density at radius 1 is 1.06 bits per heavy atom. The van der Waals surface area contributed by atoms with Gasteiger partial charge in [-0.15, -0.1) is 13.2 Å². The van der Waals surface area contributed by atoms with Crippen molar-refractivity contribution in [2.24, 2.45) is 11.8 Å². The normalized spacial score (nSPS) is 22.2. The van der Waals surface area contributed by atoms with Gasteiger partial charge in [0.15, 0.2) is 6.10 Å². The highest BCUT2D eigenvalue weighted by molar-refractivity contribution is 5.72. The molecule has 0 radical (unpaired) electrons. The number of hydrogen-bond acceptors (Lipinski definition) is 6. The fraction of sp³-hybridized carbons (Fsp3) is 0.500. The molecule has 0 aromatic heterocycles. The van der Waals surface area contributed by atoms with Gasteiger partial charge in [-0.2, -0.15) is 0 Å². The van der Waals surface area contributed by atoms with E-state index in [2.05, 4.69) is 15.0 Å². The van der Waals surface area contributed by atoms with Crippen molar-refractivity contribution in [2.75, 3.05) is 32.8 Å². The number of carboxylic acid groups (broad SMARTS) is 1. The van der Waals surface area contributed by atoms with Crippen molar-refractivity contribution in [3.05, 3.63) is 59.7 Å². The van der Waals surface area contributed by atoms with E-state index in [0.717, 1.165) is 36.5 Å². The maximum atomic E-state index is 12.3. The van der Waals surface area contributed by atoms with Crippen molar-refractivity contribution in [1.29, 1.82) is 0 Å². The second kappa shape index (κ2) is 11.5. The molecule has 2 N–H and O–H groups in total. The van der Waals surface area contributed by atoms with Crippen molar-refractivity contribution in [1.82, 2.24) is 10.2 Å². The monoisotopic (exact) mass is 508 g/mol. The van der Waals surface area contributed by atoms with Crippen molar-refractivity contribution in [3.8, 4) is 11.5 Å². The number of hydrogen-bond donors (Lipinski definition) is 2. The average molecular weight is 509 g/mol. The van der Waals surface area contributed by atoms with Crippen LogP contribution in [-0.4, -0.2) is 67.3 Å². The third-order valence-corrected chi connectivity index (χ3v) is 6.57. The molecule has 4 rings (SSSR count). The Kier molecular flexibility index (Phi) is 8.38. The van der Waals surface area contributed by atoms with Gasteiger partial charge in [0.1, 0.15) is 18.1 Å². The minimum absolute atomic E-state index is 0.202. The summed E-state index contributed by atoms with van der Waals surface area (Å²) < 4.78 is 51.8. The van der Waals surface area contributed by atoms with E-state index in [1.165, 1.54) is 12.1 Å². The Bertz CT molecular complexity index is 988. The maximum Gasteiger partial charge on any atom is 0.573 e.